The molecule has 27 heavy (non-hydrogen) atoms. The number of carbonyl (C=O) groups excluding carboxylic acids is 2. The van der Waals surface area contributed by atoms with Crippen LogP contribution in [0.2, 0.25) is 0 Å². The van der Waals surface area contributed by atoms with Crippen LogP contribution in [0.25, 0.3) is 10.9 Å². The van der Waals surface area contributed by atoms with Gasteiger partial charge in [-0.25, -0.2) is 13.2 Å². The Balaban J connectivity index is 1.58. The fourth-order valence-corrected chi connectivity index (χ4v) is 4.10. The lowest BCUT2D eigenvalue weighted by Gasteiger charge is -2.33. The van der Waals surface area contributed by atoms with E-state index in [1.165, 1.54) is 9.21 Å². The van der Waals surface area contributed by atoms with Crippen LogP contribution in [-0.2, 0) is 19.6 Å². The Hall–Kier alpha value is -2.39. The molecule has 1 aliphatic rings. The zero-order valence-electron chi connectivity index (χ0n) is 15.6. The predicted octanol–water partition coefficient (Wildman–Crippen LogP) is 1.05. The summed E-state index contributed by atoms with van der Waals surface area (Å²) in [6, 6.07) is 5.71. The van der Waals surface area contributed by atoms with E-state index in [0.717, 1.165) is 28.3 Å². The Bertz CT molecular complexity index is 988. The maximum Gasteiger partial charge on any atom is 0.355 e. The molecule has 1 amide bonds. The summed E-state index contributed by atoms with van der Waals surface area (Å²) in [5, 5.41) is 0.941. The smallest absolute Gasteiger partial charge is 0.355 e. The van der Waals surface area contributed by atoms with E-state index < -0.39 is 16.0 Å². The first-order valence-corrected chi connectivity index (χ1v) is 10.5. The third-order valence-corrected chi connectivity index (χ3v) is 6.00. The van der Waals surface area contributed by atoms with Crippen LogP contribution in [0.1, 0.15) is 21.6 Å². The summed E-state index contributed by atoms with van der Waals surface area (Å²) in [6.45, 7) is 4.65. The van der Waals surface area contributed by atoms with Gasteiger partial charge in [-0.2, -0.15) is 4.31 Å². The molecule has 1 aliphatic heterocycles. The molecular formula is C18H23N3O5S. The standard InChI is InChI=1S/C18H23N3O5S/c1-12-8-13(2)14-10-16(19-15(14)9-12)18(23)26-11-17(22)20-4-6-21(7-5-20)27(3,24)25/h8-10,19H,4-7,11H2,1-3H3. The van der Waals surface area contributed by atoms with Crippen LogP contribution in [0.15, 0.2) is 18.2 Å². The number of rotatable bonds is 4. The fourth-order valence-electron chi connectivity index (χ4n) is 3.27. The molecule has 9 heteroatoms. The largest absolute Gasteiger partial charge is 0.451 e. The highest BCUT2D eigenvalue weighted by Crippen LogP contribution is 2.21. The summed E-state index contributed by atoms with van der Waals surface area (Å²) in [5.41, 5.74) is 3.29. The Labute approximate surface area is 158 Å². The number of fused-ring (bicyclic) bond motifs is 1. The molecule has 1 fully saturated rings. The number of benzene rings is 1. The molecule has 0 bridgehead atoms. The lowest BCUT2D eigenvalue weighted by molar-refractivity contribution is -0.135. The number of sulfonamides is 1. The molecular weight excluding hydrogens is 370 g/mol. The third-order valence-electron chi connectivity index (χ3n) is 4.70. The highest BCUT2D eigenvalue weighted by molar-refractivity contribution is 7.88. The van der Waals surface area contributed by atoms with Crippen LogP contribution in [0.3, 0.4) is 0 Å². The number of carbonyl (C=O) groups is 2. The van der Waals surface area contributed by atoms with E-state index in [4.69, 9.17) is 4.74 Å². The number of aromatic nitrogens is 1. The molecule has 146 valence electrons. The van der Waals surface area contributed by atoms with Crippen molar-refractivity contribution in [2.24, 2.45) is 0 Å². The second-order valence-corrected chi connectivity index (χ2v) is 8.83. The van der Waals surface area contributed by atoms with E-state index in [1.54, 1.807) is 6.07 Å². The topological polar surface area (TPSA) is 99.8 Å². The second kappa shape index (κ2) is 7.32. The van der Waals surface area contributed by atoms with Crippen LogP contribution >= 0.6 is 0 Å². The van der Waals surface area contributed by atoms with Gasteiger partial charge in [0.1, 0.15) is 5.69 Å². The number of amides is 1. The molecule has 3 rings (SSSR count). The molecule has 2 aromatic rings. The Kier molecular flexibility index (Phi) is 5.25. The van der Waals surface area contributed by atoms with Crippen LogP contribution in [0.5, 0.6) is 0 Å². The van der Waals surface area contributed by atoms with Crippen molar-refractivity contribution in [3.8, 4) is 0 Å². The van der Waals surface area contributed by atoms with Crippen molar-refractivity contribution >= 4 is 32.8 Å². The van der Waals surface area contributed by atoms with E-state index in [2.05, 4.69) is 4.98 Å². The molecule has 0 unspecified atom stereocenters. The van der Waals surface area contributed by atoms with Gasteiger partial charge in [0.2, 0.25) is 10.0 Å². The monoisotopic (exact) mass is 393 g/mol. The average molecular weight is 393 g/mol. The number of esters is 1. The van der Waals surface area contributed by atoms with Gasteiger partial charge in [0.25, 0.3) is 5.91 Å². The number of aryl methyl sites for hydroxylation is 2. The summed E-state index contributed by atoms with van der Waals surface area (Å²) < 4.78 is 29.5. The van der Waals surface area contributed by atoms with Gasteiger partial charge in [0.15, 0.2) is 6.61 Å². The van der Waals surface area contributed by atoms with Gasteiger partial charge < -0.3 is 14.6 Å². The van der Waals surface area contributed by atoms with Gasteiger partial charge >= 0.3 is 5.97 Å². The quantitative estimate of drug-likeness (QED) is 0.783. The predicted molar refractivity (Wildman–Crippen MR) is 101 cm³/mol. The number of ether oxygens (including phenoxy) is 1. The number of piperazine rings is 1. The normalized spacial score (nSPS) is 15.9. The summed E-state index contributed by atoms with van der Waals surface area (Å²) in [7, 11) is -3.25. The minimum absolute atomic E-state index is 0.249. The van der Waals surface area contributed by atoms with Gasteiger partial charge in [-0.3, -0.25) is 4.79 Å². The molecule has 1 N–H and O–H groups in total. The molecule has 1 aromatic heterocycles. The van der Waals surface area contributed by atoms with Gasteiger partial charge in [-0.15, -0.1) is 0 Å². The minimum atomic E-state index is -3.25. The first-order valence-electron chi connectivity index (χ1n) is 8.65. The van der Waals surface area contributed by atoms with Crippen molar-refractivity contribution < 1.29 is 22.7 Å². The number of nitrogens with one attached hydrogen (secondary N) is 1. The summed E-state index contributed by atoms with van der Waals surface area (Å²) in [5.74, 6) is -0.925. The van der Waals surface area contributed by atoms with Gasteiger partial charge in [-0.05, 0) is 37.1 Å². The second-order valence-electron chi connectivity index (χ2n) is 6.85. The van der Waals surface area contributed by atoms with Crippen molar-refractivity contribution in [2.45, 2.75) is 13.8 Å². The van der Waals surface area contributed by atoms with E-state index in [0.29, 0.717) is 5.69 Å². The Morgan fingerprint density at radius 2 is 1.78 bits per heavy atom. The number of H-pyrrole nitrogens is 1. The SMILES string of the molecule is Cc1cc(C)c2cc(C(=O)OCC(=O)N3CCN(S(C)(=O)=O)CC3)[nH]c2c1. The number of aromatic amines is 1. The van der Waals surface area contributed by atoms with Crippen LogP contribution in [0.4, 0.5) is 0 Å². The van der Waals surface area contributed by atoms with Crippen LogP contribution < -0.4 is 0 Å². The molecule has 0 radical (unpaired) electrons. The minimum Gasteiger partial charge on any atom is -0.451 e. The zero-order valence-corrected chi connectivity index (χ0v) is 16.4. The van der Waals surface area contributed by atoms with E-state index >= 15 is 0 Å². The van der Waals surface area contributed by atoms with Crippen LogP contribution in [-0.4, -0.2) is 73.5 Å². The molecule has 8 nitrogen and oxygen atoms in total. The summed E-state index contributed by atoms with van der Waals surface area (Å²) >= 11 is 0. The highest BCUT2D eigenvalue weighted by atomic mass is 32.2. The highest BCUT2D eigenvalue weighted by Gasteiger charge is 2.26. The zero-order chi connectivity index (χ0) is 19.8. The Morgan fingerprint density at radius 3 is 2.41 bits per heavy atom. The van der Waals surface area contributed by atoms with E-state index in [-0.39, 0.29) is 38.7 Å². The lowest BCUT2D eigenvalue weighted by atomic mass is 10.1. The van der Waals surface area contributed by atoms with Crippen molar-refractivity contribution in [1.29, 1.82) is 0 Å². The summed E-state index contributed by atoms with van der Waals surface area (Å²) in [4.78, 5) is 29.0. The van der Waals surface area contributed by atoms with E-state index in [1.807, 2.05) is 26.0 Å². The maximum absolute atomic E-state index is 12.3. The first-order chi connectivity index (χ1) is 12.6. The molecule has 0 aliphatic carbocycles. The maximum atomic E-state index is 12.3. The van der Waals surface area contributed by atoms with Crippen molar-refractivity contribution in [3.63, 3.8) is 0 Å². The Morgan fingerprint density at radius 1 is 1.11 bits per heavy atom. The molecule has 2 heterocycles. The van der Waals surface area contributed by atoms with E-state index in [9.17, 15) is 18.0 Å². The van der Waals surface area contributed by atoms with Gasteiger partial charge in [-0.1, -0.05) is 6.07 Å². The number of hydrogen-bond donors (Lipinski definition) is 1. The average Bonchev–Trinajstić information content (AvgIpc) is 3.03. The summed E-state index contributed by atoms with van der Waals surface area (Å²) in [6.07, 6.45) is 1.15. The number of hydrogen-bond acceptors (Lipinski definition) is 5. The molecule has 1 saturated heterocycles. The fraction of sp³-hybridized carbons (Fsp3) is 0.444. The molecule has 1 aromatic carbocycles. The van der Waals surface area contributed by atoms with Gasteiger partial charge in [0, 0.05) is 37.1 Å². The van der Waals surface area contributed by atoms with Gasteiger partial charge in [0.05, 0.1) is 6.26 Å². The molecule has 0 spiro atoms. The third kappa shape index (κ3) is 4.30. The van der Waals surface area contributed by atoms with Crippen molar-refractivity contribution in [1.82, 2.24) is 14.2 Å². The van der Waals surface area contributed by atoms with Crippen LogP contribution in [0, 0.1) is 13.8 Å². The lowest BCUT2D eigenvalue weighted by Crippen LogP contribution is -2.51. The molecule has 0 saturated carbocycles. The first kappa shape index (κ1) is 19.4. The van der Waals surface area contributed by atoms with Crippen molar-refractivity contribution in [2.75, 3.05) is 39.0 Å². The van der Waals surface area contributed by atoms with Crippen molar-refractivity contribution in [3.05, 3.63) is 35.0 Å². The number of nitrogens with zero attached hydrogens (tertiary/aromatic N) is 2. The molecule has 0 atom stereocenters.